The number of thiophene rings is 1. The van der Waals surface area contributed by atoms with Crippen LogP contribution in [0.15, 0.2) is 30.3 Å². The normalized spacial score (nSPS) is 10.2. The molecule has 0 atom stereocenters. The van der Waals surface area contributed by atoms with Gasteiger partial charge in [-0.25, -0.2) is 4.79 Å². The second-order valence-corrected chi connectivity index (χ2v) is 4.97. The van der Waals surface area contributed by atoms with Crippen LogP contribution in [0.25, 0.3) is 0 Å². The lowest BCUT2D eigenvalue weighted by Gasteiger charge is -2.01. The molecule has 0 spiro atoms. The van der Waals surface area contributed by atoms with Crippen LogP contribution in [0.5, 0.6) is 5.06 Å². The van der Waals surface area contributed by atoms with E-state index in [1.807, 2.05) is 0 Å². The molecule has 5 nitrogen and oxygen atoms in total. The summed E-state index contributed by atoms with van der Waals surface area (Å²) in [6.07, 6.45) is -1.46. The van der Waals surface area contributed by atoms with Crippen LogP contribution in [0.4, 0.5) is 9.80 Å². The Morgan fingerprint density at radius 2 is 1.95 bits per heavy atom. The molecule has 7 heteroatoms. The van der Waals surface area contributed by atoms with Crippen molar-refractivity contribution < 1.29 is 19.4 Å². The molecular weight excluding hydrogens is 290 g/mol. The van der Waals surface area contributed by atoms with Gasteiger partial charge in [0.15, 0.2) is 10.8 Å². The monoisotopic (exact) mass is 297 g/mol. The molecule has 1 heterocycles. The zero-order valence-corrected chi connectivity index (χ0v) is 11.0. The maximum atomic E-state index is 12.2. The minimum absolute atomic E-state index is 0.0420. The predicted octanol–water partition coefficient (Wildman–Crippen LogP) is 3.27. The number of nitrogens with two attached hydrogens (primary N) is 1. The second kappa shape index (κ2) is 5.29. The van der Waals surface area contributed by atoms with Gasteiger partial charge in [0.25, 0.3) is 0 Å². The first-order valence-electron chi connectivity index (χ1n) is 5.08. The fourth-order valence-electron chi connectivity index (χ4n) is 1.49. The molecule has 0 fully saturated rings. The fourth-order valence-corrected chi connectivity index (χ4v) is 2.48. The van der Waals surface area contributed by atoms with E-state index in [0.29, 0.717) is 10.6 Å². The van der Waals surface area contributed by atoms with Crippen LogP contribution in [-0.4, -0.2) is 17.0 Å². The number of benzene rings is 1. The summed E-state index contributed by atoms with van der Waals surface area (Å²) in [5.74, 6) is -0.375. The summed E-state index contributed by atoms with van der Waals surface area (Å²) in [4.78, 5) is 22.6. The van der Waals surface area contributed by atoms with Crippen LogP contribution >= 0.6 is 22.9 Å². The van der Waals surface area contributed by atoms with Crippen molar-refractivity contribution in [2.24, 2.45) is 0 Å². The fraction of sp³-hybridized carbons (Fsp3) is 0. The molecule has 0 saturated heterocycles. The Morgan fingerprint density at radius 1 is 1.26 bits per heavy atom. The van der Waals surface area contributed by atoms with Gasteiger partial charge in [0.05, 0.1) is 10.6 Å². The summed E-state index contributed by atoms with van der Waals surface area (Å²) < 4.78 is 4.46. The van der Waals surface area contributed by atoms with Gasteiger partial charge in [-0.2, -0.15) is 0 Å². The SMILES string of the molecule is Nc1sc(OC(=O)O)cc1C(=O)c1ccccc1Cl. The van der Waals surface area contributed by atoms with Crippen LogP contribution in [-0.2, 0) is 0 Å². The number of rotatable bonds is 3. The van der Waals surface area contributed by atoms with Gasteiger partial charge in [-0.3, -0.25) is 4.79 Å². The molecule has 2 rings (SSSR count). The van der Waals surface area contributed by atoms with E-state index in [1.165, 1.54) is 6.07 Å². The maximum Gasteiger partial charge on any atom is 0.512 e. The highest BCUT2D eigenvalue weighted by Crippen LogP contribution is 2.34. The van der Waals surface area contributed by atoms with E-state index in [9.17, 15) is 9.59 Å². The summed E-state index contributed by atoms with van der Waals surface area (Å²) in [6.45, 7) is 0. The highest BCUT2D eigenvalue weighted by molar-refractivity contribution is 7.18. The van der Waals surface area contributed by atoms with Crippen LogP contribution in [0.1, 0.15) is 15.9 Å². The lowest BCUT2D eigenvalue weighted by Crippen LogP contribution is -2.03. The first-order valence-corrected chi connectivity index (χ1v) is 6.28. The van der Waals surface area contributed by atoms with Crippen molar-refractivity contribution in [3.05, 3.63) is 46.5 Å². The molecule has 1 aromatic heterocycles. The number of hydrogen-bond donors (Lipinski definition) is 2. The zero-order valence-electron chi connectivity index (χ0n) is 9.42. The first-order chi connectivity index (χ1) is 8.99. The number of nitrogen functional groups attached to an aromatic ring is 1. The van der Waals surface area contributed by atoms with Crippen molar-refractivity contribution in [3.63, 3.8) is 0 Å². The van der Waals surface area contributed by atoms with E-state index in [1.54, 1.807) is 24.3 Å². The molecule has 3 N–H and O–H groups in total. The van der Waals surface area contributed by atoms with Gasteiger partial charge in [0.1, 0.15) is 5.00 Å². The minimum Gasteiger partial charge on any atom is -0.449 e. The molecule has 0 saturated carbocycles. The Morgan fingerprint density at radius 3 is 2.58 bits per heavy atom. The van der Waals surface area contributed by atoms with Crippen LogP contribution in [0.3, 0.4) is 0 Å². The molecule has 2 aromatic rings. The average Bonchev–Trinajstić information content (AvgIpc) is 2.69. The first kappa shape index (κ1) is 13.4. The van der Waals surface area contributed by atoms with Crippen molar-refractivity contribution in [2.75, 3.05) is 5.73 Å². The van der Waals surface area contributed by atoms with E-state index in [0.717, 1.165) is 11.3 Å². The second-order valence-electron chi connectivity index (χ2n) is 3.52. The smallest absolute Gasteiger partial charge is 0.449 e. The van der Waals surface area contributed by atoms with Gasteiger partial charge in [-0.05, 0) is 12.1 Å². The molecule has 0 radical (unpaired) electrons. The number of halogens is 1. The Balaban J connectivity index is 2.37. The van der Waals surface area contributed by atoms with E-state index in [2.05, 4.69) is 4.74 Å². The quantitative estimate of drug-likeness (QED) is 0.670. The standard InChI is InChI=1S/C12H8ClNO4S/c13-8-4-2-1-3-6(8)10(15)7-5-9(18-12(16)17)19-11(7)14/h1-5H,14H2,(H,16,17). The largest absolute Gasteiger partial charge is 0.512 e. The number of carbonyl (C=O) groups excluding carboxylic acids is 1. The van der Waals surface area contributed by atoms with E-state index in [-0.39, 0.29) is 21.4 Å². The van der Waals surface area contributed by atoms with Gasteiger partial charge < -0.3 is 15.6 Å². The molecule has 0 aliphatic carbocycles. The molecule has 1 aromatic carbocycles. The molecule has 0 aliphatic rings. The summed E-state index contributed by atoms with van der Waals surface area (Å²) in [5, 5.41) is 9.03. The van der Waals surface area contributed by atoms with Crippen LogP contribution in [0, 0.1) is 0 Å². The number of ketones is 1. The number of ether oxygens (including phenoxy) is 1. The molecule has 0 unspecified atom stereocenters. The number of carbonyl (C=O) groups is 2. The minimum atomic E-state index is -1.46. The van der Waals surface area contributed by atoms with Gasteiger partial charge >= 0.3 is 6.16 Å². The Hall–Kier alpha value is -2.05. The van der Waals surface area contributed by atoms with Gasteiger partial charge in [-0.1, -0.05) is 35.1 Å². The summed E-state index contributed by atoms with van der Waals surface area (Å²) in [7, 11) is 0. The molecular formula is C12H8ClNO4S. The average molecular weight is 298 g/mol. The van der Waals surface area contributed by atoms with Crippen molar-refractivity contribution >= 4 is 39.9 Å². The predicted molar refractivity (Wildman–Crippen MR) is 72.3 cm³/mol. The summed E-state index contributed by atoms with van der Waals surface area (Å²) in [5.41, 5.74) is 6.16. The van der Waals surface area contributed by atoms with Crippen molar-refractivity contribution in [1.29, 1.82) is 0 Å². The molecule has 0 bridgehead atoms. The van der Waals surface area contributed by atoms with Crippen molar-refractivity contribution in [1.82, 2.24) is 0 Å². The number of anilines is 1. The van der Waals surface area contributed by atoms with Crippen molar-refractivity contribution in [3.8, 4) is 5.06 Å². The Bertz CT molecular complexity index is 653. The molecule has 0 aliphatic heterocycles. The number of hydrogen-bond acceptors (Lipinski definition) is 5. The Kier molecular flexibility index (Phi) is 3.73. The van der Waals surface area contributed by atoms with Crippen LogP contribution < -0.4 is 10.5 Å². The van der Waals surface area contributed by atoms with Crippen molar-refractivity contribution in [2.45, 2.75) is 0 Å². The highest BCUT2D eigenvalue weighted by Gasteiger charge is 2.19. The van der Waals surface area contributed by atoms with Crippen LogP contribution in [0.2, 0.25) is 5.02 Å². The zero-order chi connectivity index (χ0) is 14.0. The van der Waals surface area contributed by atoms with E-state index >= 15 is 0 Å². The third kappa shape index (κ3) is 2.86. The lowest BCUT2D eigenvalue weighted by molar-refractivity contribution is 0.103. The van der Waals surface area contributed by atoms with Gasteiger partial charge in [0.2, 0.25) is 0 Å². The number of carboxylic acid groups (broad SMARTS) is 1. The summed E-state index contributed by atoms with van der Waals surface area (Å²) in [6, 6.07) is 7.83. The molecule has 0 amide bonds. The highest BCUT2D eigenvalue weighted by atomic mass is 35.5. The van der Waals surface area contributed by atoms with E-state index in [4.69, 9.17) is 22.4 Å². The van der Waals surface area contributed by atoms with Gasteiger partial charge in [0, 0.05) is 11.6 Å². The Labute approximate surface area is 117 Å². The maximum absolute atomic E-state index is 12.2. The molecule has 98 valence electrons. The third-order valence-corrected chi connectivity index (χ3v) is 3.46. The van der Waals surface area contributed by atoms with Gasteiger partial charge in [-0.15, -0.1) is 0 Å². The summed E-state index contributed by atoms with van der Waals surface area (Å²) >= 11 is 6.81. The third-order valence-electron chi connectivity index (χ3n) is 2.29. The molecule has 19 heavy (non-hydrogen) atoms. The lowest BCUT2D eigenvalue weighted by atomic mass is 10.1. The van der Waals surface area contributed by atoms with E-state index < -0.39 is 6.16 Å². The topological polar surface area (TPSA) is 89.6 Å².